The Hall–Kier alpha value is -1.27. The molecule has 0 fully saturated rings. The molecular formula is C10H13ClN2O3S. The molecule has 0 aliphatic rings. The molecule has 0 spiro atoms. The molecule has 1 aromatic rings. The number of halogens is 1. The van der Waals surface area contributed by atoms with Crippen molar-refractivity contribution in [2.24, 2.45) is 5.73 Å². The Morgan fingerprint density at radius 2 is 2.06 bits per heavy atom. The molecule has 0 saturated carbocycles. The molecule has 94 valence electrons. The lowest BCUT2D eigenvalue weighted by atomic mass is 10.2. The molecule has 1 atom stereocenters. The molecule has 1 rings (SSSR count). The Morgan fingerprint density at radius 3 is 2.47 bits per heavy atom. The van der Waals surface area contributed by atoms with Crippen molar-refractivity contribution in [1.82, 2.24) is 0 Å². The number of amides is 1. The molecule has 7 heteroatoms. The molecule has 0 heterocycles. The maximum absolute atomic E-state index is 11.7. The Morgan fingerprint density at radius 1 is 1.47 bits per heavy atom. The number of anilines is 1. The number of sulfonamides is 1. The highest BCUT2D eigenvalue weighted by Crippen LogP contribution is 2.23. The number of hydrogen-bond donors (Lipinski definition) is 1. The molecule has 0 aromatic heterocycles. The van der Waals surface area contributed by atoms with Crippen LogP contribution in [0.1, 0.15) is 6.92 Å². The van der Waals surface area contributed by atoms with E-state index in [2.05, 4.69) is 0 Å². The van der Waals surface area contributed by atoms with Crippen molar-refractivity contribution >= 4 is 33.2 Å². The van der Waals surface area contributed by atoms with E-state index in [0.29, 0.717) is 10.7 Å². The van der Waals surface area contributed by atoms with Gasteiger partial charge in [0, 0.05) is 5.02 Å². The molecule has 1 aromatic carbocycles. The summed E-state index contributed by atoms with van der Waals surface area (Å²) in [6.45, 7) is 1.42. The molecule has 5 nitrogen and oxygen atoms in total. The van der Waals surface area contributed by atoms with Gasteiger partial charge >= 0.3 is 0 Å². The van der Waals surface area contributed by atoms with E-state index in [1.165, 1.54) is 13.0 Å². The third-order valence-corrected chi connectivity index (χ3v) is 3.66. The largest absolute Gasteiger partial charge is 0.368 e. The van der Waals surface area contributed by atoms with Crippen LogP contribution in [-0.4, -0.2) is 26.6 Å². The monoisotopic (exact) mass is 276 g/mol. The standard InChI is InChI=1S/C10H13ClN2O3S/c1-7(10(12)14)13(17(2,15)16)9-5-3-4-8(11)6-9/h3-7H,1-2H3,(H2,12,14). The van der Waals surface area contributed by atoms with Gasteiger partial charge in [0.2, 0.25) is 15.9 Å². The van der Waals surface area contributed by atoms with Gasteiger partial charge in [-0.2, -0.15) is 0 Å². The molecule has 2 N–H and O–H groups in total. The first-order chi connectivity index (χ1) is 7.73. The van der Waals surface area contributed by atoms with E-state index in [1.54, 1.807) is 18.2 Å². The topological polar surface area (TPSA) is 80.5 Å². The van der Waals surface area contributed by atoms with Crippen LogP contribution in [0.25, 0.3) is 0 Å². The Bertz CT molecular complexity index is 530. The molecule has 0 saturated heterocycles. The van der Waals surface area contributed by atoms with Gasteiger partial charge in [-0.1, -0.05) is 17.7 Å². The summed E-state index contributed by atoms with van der Waals surface area (Å²) in [7, 11) is -3.61. The van der Waals surface area contributed by atoms with Gasteiger partial charge in [0.1, 0.15) is 6.04 Å². The lowest BCUT2D eigenvalue weighted by molar-refractivity contribution is -0.118. The quantitative estimate of drug-likeness (QED) is 0.890. The predicted molar refractivity (Wildman–Crippen MR) is 67.4 cm³/mol. The van der Waals surface area contributed by atoms with Crippen molar-refractivity contribution in [3.05, 3.63) is 29.3 Å². The number of primary amides is 1. The Balaban J connectivity index is 3.30. The summed E-state index contributed by atoms with van der Waals surface area (Å²) >= 11 is 5.79. The van der Waals surface area contributed by atoms with E-state index >= 15 is 0 Å². The minimum absolute atomic E-state index is 0.311. The highest BCUT2D eigenvalue weighted by Gasteiger charge is 2.27. The second-order valence-corrected chi connectivity index (χ2v) is 5.91. The van der Waals surface area contributed by atoms with Gasteiger partial charge in [0.05, 0.1) is 11.9 Å². The second-order valence-electron chi connectivity index (χ2n) is 3.62. The van der Waals surface area contributed by atoms with Crippen LogP contribution in [0.15, 0.2) is 24.3 Å². The lowest BCUT2D eigenvalue weighted by Gasteiger charge is -2.26. The van der Waals surface area contributed by atoms with E-state index in [0.717, 1.165) is 10.6 Å². The smallest absolute Gasteiger partial charge is 0.241 e. The number of rotatable bonds is 4. The zero-order valence-corrected chi connectivity index (χ0v) is 11.0. The summed E-state index contributed by atoms with van der Waals surface area (Å²) < 4.78 is 24.3. The number of nitrogens with zero attached hydrogens (tertiary/aromatic N) is 1. The van der Waals surface area contributed by atoms with Gasteiger partial charge < -0.3 is 5.73 Å². The van der Waals surface area contributed by atoms with Crippen LogP contribution in [0.4, 0.5) is 5.69 Å². The third-order valence-electron chi connectivity index (χ3n) is 2.18. The molecule has 0 aliphatic carbocycles. The fraction of sp³-hybridized carbons (Fsp3) is 0.300. The van der Waals surface area contributed by atoms with Crippen molar-refractivity contribution in [3.8, 4) is 0 Å². The lowest BCUT2D eigenvalue weighted by Crippen LogP contribution is -2.45. The van der Waals surface area contributed by atoms with Gasteiger partial charge in [0.25, 0.3) is 0 Å². The fourth-order valence-corrected chi connectivity index (χ4v) is 2.79. The Kier molecular flexibility index (Phi) is 4.00. The fourth-order valence-electron chi connectivity index (χ4n) is 1.43. The average Bonchev–Trinajstić information content (AvgIpc) is 2.15. The van der Waals surface area contributed by atoms with Gasteiger partial charge in [-0.3, -0.25) is 9.10 Å². The molecule has 1 amide bonds. The summed E-state index contributed by atoms with van der Waals surface area (Å²) in [4.78, 5) is 11.1. The minimum atomic E-state index is -3.61. The van der Waals surface area contributed by atoms with Crippen molar-refractivity contribution in [3.63, 3.8) is 0 Å². The first kappa shape index (κ1) is 13.8. The van der Waals surface area contributed by atoms with Gasteiger partial charge in [0.15, 0.2) is 0 Å². The number of hydrogen-bond acceptors (Lipinski definition) is 3. The van der Waals surface area contributed by atoms with Crippen LogP contribution in [0, 0.1) is 0 Å². The molecule has 0 radical (unpaired) electrons. The van der Waals surface area contributed by atoms with Crippen molar-refractivity contribution in [1.29, 1.82) is 0 Å². The van der Waals surface area contributed by atoms with Crippen LogP contribution in [0.2, 0.25) is 5.02 Å². The summed E-state index contributed by atoms with van der Waals surface area (Å²) in [6.07, 6.45) is 1.01. The van der Waals surface area contributed by atoms with E-state index in [-0.39, 0.29) is 0 Å². The summed E-state index contributed by atoms with van der Waals surface area (Å²) in [5.41, 5.74) is 5.44. The molecule has 0 aliphatic heterocycles. The summed E-state index contributed by atoms with van der Waals surface area (Å²) in [5, 5.41) is 0.382. The number of carbonyl (C=O) groups is 1. The Labute approximate surface area is 105 Å². The first-order valence-electron chi connectivity index (χ1n) is 4.78. The normalized spacial score (nSPS) is 13.1. The van der Waals surface area contributed by atoms with Crippen molar-refractivity contribution in [2.75, 3.05) is 10.6 Å². The van der Waals surface area contributed by atoms with Gasteiger partial charge in [-0.25, -0.2) is 8.42 Å². The van der Waals surface area contributed by atoms with Crippen LogP contribution in [0.5, 0.6) is 0 Å². The number of benzene rings is 1. The van der Waals surface area contributed by atoms with Gasteiger partial charge in [-0.15, -0.1) is 0 Å². The molecular weight excluding hydrogens is 264 g/mol. The van der Waals surface area contributed by atoms with E-state index in [9.17, 15) is 13.2 Å². The number of nitrogens with two attached hydrogens (primary N) is 1. The zero-order chi connectivity index (χ0) is 13.2. The highest BCUT2D eigenvalue weighted by atomic mass is 35.5. The zero-order valence-electron chi connectivity index (χ0n) is 9.42. The third kappa shape index (κ3) is 3.34. The van der Waals surface area contributed by atoms with E-state index in [4.69, 9.17) is 17.3 Å². The SMILES string of the molecule is CC(C(N)=O)N(c1cccc(Cl)c1)S(C)(=O)=O. The molecule has 1 unspecified atom stereocenters. The van der Waals surface area contributed by atoms with Crippen LogP contribution < -0.4 is 10.0 Å². The van der Waals surface area contributed by atoms with Crippen molar-refractivity contribution < 1.29 is 13.2 Å². The van der Waals surface area contributed by atoms with Crippen LogP contribution in [-0.2, 0) is 14.8 Å². The molecule has 17 heavy (non-hydrogen) atoms. The average molecular weight is 277 g/mol. The number of carbonyl (C=O) groups excluding carboxylic acids is 1. The minimum Gasteiger partial charge on any atom is -0.368 e. The first-order valence-corrected chi connectivity index (χ1v) is 7.00. The molecule has 0 bridgehead atoms. The van der Waals surface area contributed by atoms with Crippen molar-refractivity contribution in [2.45, 2.75) is 13.0 Å². The highest BCUT2D eigenvalue weighted by molar-refractivity contribution is 7.92. The van der Waals surface area contributed by atoms with E-state index in [1.807, 2.05) is 0 Å². The van der Waals surface area contributed by atoms with Crippen LogP contribution >= 0.6 is 11.6 Å². The maximum atomic E-state index is 11.7. The van der Waals surface area contributed by atoms with Crippen LogP contribution in [0.3, 0.4) is 0 Å². The van der Waals surface area contributed by atoms with Gasteiger partial charge in [-0.05, 0) is 25.1 Å². The maximum Gasteiger partial charge on any atom is 0.241 e. The second kappa shape index (κ2) is 4.93. The predicted octanol–water partition coefficient (Wildman–Crippen LogP) is 0.980. The summed E-state index contributed by atoms with van der Waals surface area (Å²) in [6, 6.07) is 5.25. The summed E-state index contributed by atoms with van der Waals surface area (Å²) in [5.74, 6) is -0.726. The van der Waals surface area contributed by atoms with E-state index < -0.39 is 22.0 Å².